The zero-order chi connectivity index (χ0) is 24.8. The Bertz CT molecular complexity index is 1330. The summed E-state index contributed by atoms with van der Waals surface area (Å²) < 4.78 is 17.5. The number of aromatic nitrogens is 1. The lowest BCUT2D eigenvalue weighted by molar-refractivity contribution is 0.0693. The van der Waals surface area contributed by atoms with Crippen LogP contribution in [0.3, 0.4) is 0 Å². The zero-order valence-corrected chi connectivity index (χ0v) is 19.9. The van der Waals surface area contributed by atoms with E-state index in [9.17, 15) is 9.90 Å². The van der Waals surface area contributed by atoms with Gasteiger partial charge >= 0.3 is 5.97 Å². The molecule has 0 aliphatic heterocycles. The Labute approximate surface area is 204 Å². The molecule has 4 aromatic rings. The average Bonchev–Trinajstić information content (AvgIpc) is 2.88. The van der Waals surface area contributed by atoms with Gasteiger partial charge in [0.05, 0.1) is 24.1 Å². The van der Waals surface area contributed by atoms with Gasteiger partial charge in [-0.15, -0.1) is 0 Å². The summed E-state index contributed by atoms with van der Waals surface area (Å²) in [6, 6.07) is 24.3. The van der Waals surface area contributed by atoms with Crippen LogP contribution in [0, 0.1) is 13.8 Å². The van der Waals surface area contributed by atoms with E-state index in [4.69, 9.17) is 14.2 Å². The smallest absolute Gasteiger partial charge is 0.337 e. The molecule has 1 N–H and O–H groups in total. The van der Waals surface area contributed by atoms with Crippen molar-refractivity contribution in [3.8, 4) is 28.5 Å². The van der Waals surface area contributed by atoms with Gasteiger partial charge in [0.25, 0.3) is 0 Å². The number of carboxylic acid groups (broad SMARTS) is 1. The third kappa shape index (κ3) is 5.61. The molecule has 0 fully saturated rings. The molecule has 0 radical (unpaired) electrons. The van der Waals surface area contributed by atoms with Crippen molar-refractivity contribution in [2.24, 2.45) is 0 Å². The van der Waals surface area contributed by atoms with Gasteiger partial charge in [0.2, 0.25) is 0 Å². The van der Waals surface area contributed by atoms with Crippen molar-refractivity contribution in [2.45, 2.75) is 27.1 Å². The molecule has 0 unspecified atom stereocenters. The molecule has 35 heavy (non-hydrogen) atoms. The first-order chi connectivity index (χ1) is 17.0. The summed E-state index contributed by atoms with van der Waals surface area (Å²) in [7, 11) is 1.59. The van der Waals surface area contributed by atoms with Gasteiger partial charge in [0, 0.05) is 5.56 Å². The molecule has 0 saturated heterocycles. The van der Waals surface area contributed by atoms with Gasteiger partial charge in [-0.25, -0.2) is 9.78 Å². The number of carbonyl (C=O) groups is 1. The maximum absolute atomic E-state index is 11.9. The van der Waals surface area contributed by atoms with Crippen molar-refractivity contribution in [3.05, 3.63) is 107 Å². The van der Waals surface area contributed by atoms with Crippen LogP contribution in [0.4, 0.5) is 0 Å². The Balaban J connectivity index is 1.68. The Hall–Kier alpha value is -4.32. The lowest BCUT2D eigenvalue weighted by Gasteiger charge is -2.15. The highest BCUT2D eigenvalue weighted by atomic mass is 16.5. The lowest BCUT2D eigenvalue weighted by atomic mass is 10.1. The van der Waals surface area contributed by atoms with Crippen molar-refractivity contribution in [1.82, 2.24) is 4.98 Å². The highest BCUT2D eigenvalue weighted by molar-refractivity contribution is 5.89. The highest BCUT2D eigenvalue weighted by Crippen LogP contribution is 2.34. The van der Waals surface area contributed by atoms with E-state index < -0.39 is 5.97 Å². The largest absolute Gasteiger partial charge is 0.497 e. The van der Waals surface area contributed by atoms with E-state index in [0.29, 0.717) is 40.8 Å². The van der Waals surface area contributed by atoms with Gasteiger partial charge in [-0.3, -0.25) is 0 Å². The summed E-state index contributed by atoms with van der Waals surface area (Å²) in [5, 5.41) is 9.73. The number of hydrogen-bond donors (Lipinski definition) is 1. The van der Waals surface area contributed by atoms with Crippen molar-refractivity contribution in [1.29, 1.82) is 0 Å². The second kappa shape index (κ2) is 10.7. The quantitative estimate of drug-likeness (QED) is 0.313. The summed E-state index contributed by atoms with van der Waals surface area (Å²) in [5.41, 5.74) is 4.82. The van der Waals surface area contributed by atoms with Gasteiger partial charge < -0.3 is 19.3 Å². The normalized spacial score (nSPS) is 10.6. The number of aryl methyl sites for hydroxylation is 1. The zero-order valence-electron chi connectivity index (χ0n) is 19.9. The molecule has 0 bridgehead atoms. The van der Waals surface area contributed by atoms with Gasteiger partial charge in [-0.2, -0.15) is 0 Å². The molecule has 0 saturated carbocycles. The highest BCUT2D eigenvalue weighted by Gasteiger charge is 2.17. The SMILES string of the molecule is COc1ccc(OCc2ccccc2)c(-c2ccc(C(=O)O)c(COc3cccc(C)c3C)n2)c1. The van der Waals surface area contributed by atoms with E-state index in [2.05, 4.69) is 4.98 Å². The maximum atomic E-state index is 11.9. The fraction of sp³-hybridized carbons (Fsp3) is 0.172. The standard InChI is InChI=1S/C29H27NO5/c1-19-8-7-11-27(20(19)2)35-18-26-23(29(31)32)13-14-25(30-26)24-16-22(33-3)12-15-28(24)34-17-21-9-5-4-6-10-21/h4-16H,17-18H2,1-3H3,(H,31,32). The number of benzene rings is 3. The van der Waals surface area contributed by atoms with Crippen LogP contribution in [0.1, 0.15) is 32.7 Å². The molecule has 1 aromatic heterocycles. The Morgan fingerprint density at radius 2 is 1.63 bits per heavy atom. The van der Waals surface area contributed by atoms with E-state index in [1.165, 1.54) is 0 Å². The second-order valence-corrected chi connectivity index (χ2v) is 8.12. The summed E-state index contributed by atoms with van der Waals surface area (Å²) in [6.07, 6.45) is 0. The molecule has 1 heterocycles. The number of hydrogen-bond acceptors (Lipinski definition) is 5. The van der Waals surface area contributed by atoms with E-state index in [-0.39, 0.29) is 12.2 Å². The molecule has 0 aliphatic rings. The average molecular weight is 470 g/mol. The molecule has 0 spiro atoms. The Morgan fingerprint density at radius 1 is 0.857 bits per heavy atom. The number of aromatic carboxylic acids is 1. The van der Waals surface area contributed by atoms with E-state index in [0.717, 1.165) is 16.7 Å². The first kappa shape index (κ1) is 23.8. The predicted octanol–water partition coefficient (Wildman–Crippen LogP) is 6.23. The summed E-state index contributed by atoms with van der Waals surface area (Å²) in [5.74, 6) is 0.896. The number of nitrogens with zero attached hydrogens (tertiary/aromatic N) is 1. The molecular formula is C29H27NO5. The fourth-order valence-electron chi connectivity index (χ4n) is 3.68. The summed E-state index contributed by atoms with van der Waals surface area (Å²) in [6.45, 7) is 4.38. The van der Waals surface area contributed by atoms with Gasteiger partial charge in [0.15, 0.2) is 0 Å². The minimum Gasteiger partial charge on any atom is -0.497 e. The van der Waals surface area contributed by atoms with Gasteiger partial charge in [-0.05, 0) is 66.9 Å². The molecule has 0 atom stereocenters. The van der Waals surface area contributed by atoms with E-state index >= 15 is 0 Å². The van der Waals surface area contributed by atoms with Crippen molar-refractivity contribution in [3.63, 3.8) is 0 Å². The van der Waals surface area contributed by atoms with Crippen LogP contribution in [0.5, 0.6) is 17.2 Å². The van der Waals surface area contributed by atoms with Crippen LogP contribution >= 0.6 is 0 Å². The Kier molecular flexibility index (Phi) is 7.31. The van der Waals surface area contributed by atoms with Crippen LogP contribution in [-0.2, 0) is 13.2 Å². The van der Waals surface area contributed by atoms with Crippen LogP contribution in [0.25, 0.3) is 11.3 Å². The molecule has 6 nitrogen and oxygen atoms in total. The van der Waals surface area contributed by atoms with E-state index in [1.54, 1.807) is 19.2 Å². The minimum absolute atomic E-state index is 0.0178. The monoisotopic (exact) mass is 469 g/mol. The predicted molar refractivity (Wildman–Crippen MR) is 134 cm³/mol. The minimum atomic E-state index is -1.06. The molecule has 0 aliphatic carbocycles. The number of methoxy groups -OCH3 is 1. The molecule has 4 rings (SSSR count). The number of carboxylic acids is 1. The molecular weight excluding hydrogens is 442 g/mol. The topological polar surface area (TPSA) is 77.9 Å². The van der Waals surface area contributed by atoms with Crippen LogP contribution in [-0.4, -0.2) is 23.2 Å². The van der Waals surface area contributed by atoms with Gasteiger partial charge in [0.1, 0.15) is 30.5 Å². The summed E-state index contributed by atoms with van der Waals surface area (Å²) in [4.78, 5) is 16.6. The number of pyridine rings is 1. The Morgan fingerprint density at radius 3 is 2.37 bits per heavy atom. The van der Waals surface area contributed by atoms with Crippen LogP contribution < -0.4 is 14.2 Å². The number of ether oxygens (including phenoxy) is 3. The summed E-state index contributed by atoms with van der Waals surface area (Å²) >= 11 is 0. The molecule has 178 valence electrons. The molecule has 0 amide bonds. The third-order valence-corrected chi connectivity index (χ3v) is 5.82. The van der Waals surface area contributed by atoms with E-state index in [1.807, 2.05) is 80.6 Å². The van der Waals surface area contributed by atoms with Crippen molar-refractivity contribution >= 4 is 5.97 Å². The van der Waals surface area contributed by atoms with Crippen molar-refractivity contribution < 1.29 is 24.1 Å². The van der Waals surface area contributed by atoms with Gasteiger partial charge in [-0.1, -0.05) is 42.5 Å². The first-order valence-electron chi connectivity index (χ1n) is 11.2. The lowest BCUT2D eigenvalue weighted by Crippen LogP contribution is -2.09. The van der Waals surface area contributed by atoms with Crippen molar-refractivity contribution in [2.75, 3.05) is 7.11 Å². The fourth-order valence-corrected chi connectivity index (χ4v) is 3.68. The van der Waals surface area contributed by atoms with Crippen LogP contribution in [0.15, 0.2) is 78.9 Å². The first-order valence-corrected chi connectivity index (χ1v) is 11.2. The third-order valence-electron chi connectivity index (χ3n) is 5.82. The van der Waals surface area contributed by atoms with Crippen LogP contribution in [0.2, 0.25) is 0 Å². The number of rotatable bonds is 9. The second-order valence-electron chi connectivity index (χ2n) is 8.12. The molecule has 6 heteroatoms. The molecule has 3 aromatic carbocycles. The maximum Gasteiger partial charge on any atom is 0.337 e.